The summed E-state index contributed by atoms with van der Waals surface area (Å²) in [5, 5.41) is 11.5. The highest BCUT2D eigenvalue weighted by Crippen LogP contribution is 2.40. The van der Waals surface area contributed by atoms with Gasteiger partial charge in [-0.05, 0) is 56.7 Å². The van der Waals surface area contributed by atoms with E-state index in [0.29, 0.717) is 22.9 Å². The van der Waals surface area contributed by atoms with Gasteiger partial charge in [-0.2, -0.15) is 0 Å². The number of carbonyl (C=O) groups excluding carboxylic acids is 2. The molecule has 6 nitrogen and oxygen atoms in total. The molecule has 7 heteroatoms. The van der Waals surface area contributed by atoms with E-state index >= 15 is 0 Å². The third-order valence-corrected chi connectivity index (χ3v) is 6.42. The average molecular weight is 471 g/mol. The number of likely N-dealkylation sites (tertiary alicyclic amines) is 1. The van der Waals surface area contributed by atoms with E-state index in [9.17, 15) is 14.7 Å². The van der Waals surface area contributed by atoms with Gasteiger partial charge in [0.1, 0.15) is 11.5 Å². The number of carbonyl (C=O) groups is 2. The first-order valence-electron chi connectivity index (χ1n) is 11.2. The van der Waals surface area contributed by atoms with Crippen LogP contribution in [-0.4, -0.2) is 59.9 Å². The van der Waals surface area contributed by atoms with Crippen LogP contribution in [0.1, 0.15) is 43.0 Å². The van der Waals surface area contributed by atoms with Crippen LogP contribution in [0.15, 0.2) is 48.0 Å². The van der Waals surface area contributed by atoms with Crippen LogP contribution in [-0.2, 0) is 9.59 Å². The van der Waals surface area contributed by atoms with Crippen molar-refractivity contribution in [1.29, 1.82) is 0 Å². The minimum absolute atomic E-state index is 0.0768. The molecule has 1 fully saturated rings. The topological polar surface area (TPSA) is 70.1 Å². The van der Waals surface area contributed by atoms with Gasteiger partial charge in [0.25, 0.3) is 11.7 Å². The molecule has 0 spiro atoms. The molecular weight excluding hydrogens is 440 g/mol. The lowest BCUT2D eigenvalue weighted by Gasteiger charge is -2.27. The van der Waals surface area contributed by atoms with Crippen LogP contribution in [0.4, 0.5) is 0 Å². The number of benzene rings is 2. The molecule has 1 N–H and O–H groups in total. The van der Waals surface area contributed by atoms with Crippen molar-refractivity contribution in [2.45, 2.75) is 33.2 Å². The zero-order valence-electron chi connectivity index (χ0n) is 19.6. The predicted octanol–water partition coefficient (Wildman–Crippen LogP) is 4.81. The molecule has 0 radical (unpaired) electrons. The van der Waals surface area contributed by atoms with E-state index in [1.807, 2.05) is 31.2 Å². The molecule has 176 valence electrons. The maximum Gasteiger partial charge on any atom is 0.295 e. The molecule has 3 rings (SSSR count). The van der Waals surface area contributed by atoms with E-state index in [1.54, 1.807) is 17.0 Å². The van der Waals surface area contributed by atoms with Crippen LogP contribution < -0.4 is 4.74 Å². The maximum atomic E-state index is 13.1. The van der Waals surface area contributed by atoms with Crippen molar-refractivity contribution in [1.82, 2.24) is 9.80 Å². The first kappa shape index (κ1) is 24.8. The van der Waals surface area contributed by atoms with E-state index in [2.05, 4.69) is 18.7 Å². The monoisotopic (exact) mass is 470 g/mol. The third kappa shape index (κ3) is 5.23. The SMILES string of the molecule is CCN(CC)CCCN1C(=O)C(=O)/C(=C(/O)c2ccc(OC)c(Cl)c2)[C@H]1c1ccc(C)cc1. The minimum atomic E-state index is -0.687. The number of methoxy groups -OCH3 is 1. The van der Waals surface area contributed by atoms with Crippen molar-refractivity contribution in [2.75, 3.05) is 33.3 Å². The summed E-state index contributed by atoms with van der Waals surface area (Å²) in [5.74, 6) is -1.07. The van der Waals surface area contributed by atoms with Crippen molar-refractivity contribution in [2.24, 2.45) is 0 Å². The van der Waals surface area contributed by atoms with E-state index < -0.39 is 17.7 Å². The van der Waals surface area contributed by atoms with Crippen LogP contribution in [0.5, 0.6) is 5.75 Å². The summed E-state index contributed by atoms with van der Waals surface area (Å²) in [6, 6.07) is 11.8. The molecule has 1 aliphatic rings. The molecule has 2 aromatic carbocycles. The molecule has 1 aliphatic heterocycles. The lowest BCUT2D eigenvalue weighted by molar-refractivity contribution is -0.140. The Balaban J connectivity index is 2.04. The van der Waals surface area contributed by atoms with Crippen molar-refractivity contribution >= 4 is 29.1 Å². The van der Waals surface area contributed by atoms with Gasteiger partial charge in [-0.15, -0.1) is 0 Å². The Bertz CT molecular complexity index is 1040. The van der Waals surface area contributed by atoms with Gasteiger partial charge in [-0.1, -0.05) is 55.3 Å². The summed E-state index contributed by atoms with van der Waals surface area (Å²) in [6.45, 7) is 9.27. The summed E-state index contributed by atoms with van der Waals surface area (Å²) in [7, 11) is 1.50. The van der Waals surface area contributed by atoms with Gasteiger partial charge in [-0.3, -0.25) is 9.59 Å². The number of ketones is 1. The first-order valence-corrected chi connectivity index (χ1v) is 11.6. The van der Waals surface area contributed by atoms with E-state index in [4.69, 9.17) is 16.3 Å². The van der Waals surface area contributed by atoms with Gasteiger partial charge in [0.05, 0.1) is 23.7 Å². The molecule has 1 heterocycles. The fourth-order valence-corrected chi connectivity index (χ4v) is 4.44. The molecule has 1 atom stereocenters. The molecule has 33 heavy (non-hydrogen) atoms. The number of Topliss-reactive ketones (excluding diaryl/α,β-unsaturated/α-hetero) is 1. The van der Waals surface area contributed by atoms with Crippen LogP contribution in [0.3, 0.4) is 0 Å². The smallest absolute Gasteiger partial charge is 0.295 e. The van der Waals surface area contributed by atoms with Gasteiger partial charge in [0.15, 0.2) is 0 Å². The number of nitrogens with zero attached hydrogens (tertiary/aromatic N) is 2. The van der Waals surface area contributed by atoms with Gasteiger partial charge >= 0.3 is 0 Å². The molecule has 2 aromatic rings. The van der Waals surface area contributed by atoms with Gasteiger partial charge < -0.3 is 19.6 Å². The summed E-state index contributed by atoms with van der Waals surface area (Å²) in [5.41, 5.74) is 2.29. The number of hydrogen-bond donors (Lipinski definition) is 1. The second kappa shape index (κ2) is 10.9. The van der Waals surface area contributed by atoms with Crippen LogP contribution in [0.2, 0.25) is 5.02 Å². The number of rotatable bonds is 9. The van der Waals surface area contributed by atoms with Crippen molar-refractivity contribution in [3.05, 3.63) is 69.8 Å². The number of aryl methyl sites for hydroxylation is 1. The van der Waals surface area contributed by atoms with E-state index in [-0.39, 0.29) is 11.3 Å². The number of aliphatic hydroxyl groups is 1. The second-order valence-corrected chi connectivity index (χ2v) is 8.54. The molecule has 0 saturated carbocycles. The summed E-state index contributed by atoms with van der Waals surface area (Å²) >= 11 is 6.24. The van der Waals surface area contributed by atoms with Crippen LogP contribution in [0, 0.1) is 6.92 Å². The van der Waals surface area contributed by atoms with Gasteiger partial charge in [0.2, 0.25) is 0 Å². The van der Waals surface area contributed by atoms with Crippen molar-refractivity contribution < 1.29 is 19.4 Å². The molecule has 1 saturated heterocycles. The van der Waals surface area contributed by atoms with Gasteiger partial charge in [-0.25, -0.2) is 0 Å². The molecule has 1 amide bonds. The Hall–Kier alpha value is -2.83. The van der Waals surface area contributed by atoms with Crippen LogP contribution >= 0.6 is 11.6 Å². The van der Waals surface area contributed by atoms with Crippen molar-refractivity contribution in [3.63, 3.8) is 0 Å². The number of halogens is 1. The number of hydrogen-bond acceptors (Lipinski definition) is 5. The highest BCUT2D eigenvalue weighted by molar-refractivity contribution is 6.46. The van der Waals surface area contributed by atoms with E-state index in [0.717, 1.165) is 37.2 Å². The van der Waals surface area contributed by atoms with Crippen molar-refractivity contribution in [3.8, 4) is 5.75 Å². The normalized spacial score (nSPS) is 17.8. The lowest BCUT2D eigenvalue weighted by Crippen LogP contribution is -2.33. The maximum absolute atomic E-state index is 13.1. The molecule has 0 unspecified atom stereocenters. The Morgan fingerprint density at radius 3 is 2.36 bits per heavy atom. The third-order valence-electron chi connectivity index (χ3n) is 6.13. The Labute approximate surface area is 200 Å². The Morgan fingerprint density at radius 2 is 1.79 bits per heavy atom. The number of amides is 1. The number of aliphatic hydroxyl groups excluding tert-OH is 1. The zero-order valence-corrected chi connectivity index (χ0v) is 20.4. The van der Waals surface area contributed by atoms with E-state index in [1.165, 1.54) is 13.2 Å². The predicted molar refractivity (Wildman–Crippen MR) is 131 cm³/mol. The Morgan fingerprint density at radius 1 is 1.12 bits per heavy atom. The standard InChI is InChI=1S/C26H31ClN2O4/c1-5-28(6-2)14-7-15-29-23(18-10-8-17(3)9-11-18)22(25(31)26(29)32)24(30)19-12-13-21(33-4)20(27)16-19/h8-13,16,23,30H,5-7,14-15H2,1-4H3/b24-22+/t23-/m1/s1. The quantitative estimate of drug-likeness (QED) is 0.323. The fourth-order valence-electron chi connectivity index (χ4n) is 4.18. The molecule has 0 aliphatic carbocycles. The first-order chi connectivity index (χ1) is 15.8. The second-order valence-electron chi connectivity index (χ2n) is 8.13. The molecule has 0 bridgehead atoms. The molecular formula is C26H31ClN2O4. The minimum Gasteiger partial charge on any atom is -0.507 e. The van der Waals surface area contributed by atoms with Crippen LogP contribution in [0.25, 0.3) is 5.76 Å². The lowest BCUT2D eigenvalue weighted by atomic mass is 9.94. The highest BCUT2D eigenvalue weighted by Gasteiger charge is 2.45. The Kier molecular flexibility index (Phi) is 8.16. The molecule has 0 aromatic heterocycles. The zero-order chi connectivity index (χ0) is 24.1. The average Bonchev–Trinajstić information content (AvgIpc) is 3.06. The summed E-state index contributed by atoms with van der Waals surface area (Å²) < 4.78 is 5.18. The largest absolute Gasteiger partial charge is 0.507 e. The summed E-state index contributed by atoms with van der Waals surface area (Å²) in [4.78, 5) is 30.0. The number of ether oxygens (including phenoxy) is 1. The fraction of sp³-hybridized carbons (Fsp3) is 0.385. The summed E-state index contributed by atoms with van der Waals surface area (Å²) in [6.07, 6.45) is 0.728. The van der Waals surface area contributed by atoms with Gasteiger partial charge in [0, 0.05) is 12.1 Å². The highest BCUT2D eigenvalue weighted by atomic mass is 35.5.